The first kappa shape index (κ1) is 19.7. The molecule has 22 heavy (non-hydrogen) atoms. The summed E-state index contributed by atoms with van der Waals surface area (Å²) in [6.07, 6.45) is 1.97. The third-order valence-corrected chi connectivity index (χ3v) is 6.22. The molecule has 5 nitrogen and oxygen atoms in total. The summed E-state index contributed by atoms with van der Waals surface area (Å²) < 4.78 is 32.8. The topological polar surface area (TPSA) is 58.6 Å². The van der Waals surface area contributed by atoms with E-state index in [1.54, 1.807) is 29.6 Å². The van der Waals surface area contributed by atoms with Crippen molar-refractivity contribution in [2.75, 3.05) is 33.8 Å². The predicted octanol–water partition coefficient (Wildman–Crippen LogP) is 2.50. The van der Waals surface area contributed by atoms with Gasteiger partial charge in [0.25, 0.3) is 0 Å². The van der Waals surface area contributed by atoms with E-state index >= 15 is 0 Å². The molecule has 0 saturated carbocycles. The summed E-state index contributed by atoms with van der Waals surface area (Å²) in [6, 6.07) is 4.88. The van der Waals surface area contributed by atoms with Crippen LogP contribution < -0.4 is 10.1 Å². The molecule has 1 aromatic carbocycles. The van der Waals surface area contributed by atoms with Gasteiger partial charge in [-0.25, -0.2) is 8.42 Å². The van der Waals surface area contributed by atoms with Gasteiger partial charge < -0.3 is 10.1 Å². The molecule has 1 aliphatic heterocycles. The summed E-state index contributed by atoms with van der Waals surface area (Å²) in [4.78, 5) is 0.306. The predicted molar refractivity (Wildman–Crippen MR) is 93.4 cm³/mol. The maximum absolute atomic E-state index is 12.7. The highest BCUT2D eigenvalue weighted by Gasteiger charge is 2.30. The average molecular weight is 414 g/mol. The fourth-order valence-electron chi connectivity index (χ4n) is 2.66. The lowest BCUT2D eigenvalue weighted by Gasteiger charge is -2.31. The quantitative estimate of drug-likeness (QED) is 0.806. The van der Waals surface area contributed by atoms with E-state index in [9.17, 15) is 8.42 Å². The molecule has 0 aliphatic carbocycles. The number of rotatable bonds is 5. The SMILES string of the molecule is CNCC1CCCN(S(=O)(=O)c2ccc(OC)c(Br)c2)C1.Cl. The maximum atomic E-state index is 12.7. The summed E-state index contributed by atoms with van der Waals surface area (Å²) in [5.74, 6) is 1.00. The van der Waals surface area contributed by atoms with Gasteiger partial charge in [-0.3, -0.25) is 0 Å². The van der Waals surface area contributed by atoms with Crippen molar-refractivity contribution < 1.29 is 13.2 Å². The van der Waals surface area contributed by atoms with E-state index in [0.29, 0.717) is 34.1 Å². The van der Waals surface area contributed by atoms with Gasteiger partial charge in [-0.05, 0) is 66.5 Å². The Morgan fingerprint density at radius 1 is 1.45 bits per heavy atom. The minimum absolute atomic E-state index is 0. The lowest BCUT2D eigenvalue weighted by Crippen LogP contribution is -2.42. The summed E-state index contributed by atoms with van der Waals surface area (Å²) in [5, 5.41) is 3.13. The maximum Gasteiger partial charge on any atom is 0.243 e. The summed E-state index contributed by atoms with van der Waals surface area (Å²) in [6.45, 7) is 2.01. The third kappa shape index (κ3) is 4.35. The number of nitrogens with zero attached hydrogens (tertiary/aromatic N) is 1. The monoisotopic (exact) mass is 412 g/mol. The van der Waals surface area contributed by atoms with E-state index in [2.05, 4.69) is 21.2 Å². The molecule has 1 fully saturated rings. The van der Waals surface area contributed by atoms with Gasteiger partial charge in [0.05, 0.1) is 16.5 Å². The van der Waals surface area contributed by atoms with Gasteiger partial charge in [0.2, 0.25) is 10.0 Å². The van der Waals surface area contributed by atoms with Crippen molar-refractivity contribution in [2.24, 2.45) is 5.92 Å². The number of ether oxygens (including phenoxy) is 1. The fraction of sp³-hybridized carbons (Fsp3) is 0.571. The zero-order chi connectivity index (χ0) is 15.5. The van der Waals surface area contributed by atoms with Gasteiger partial charge in [0.15, 0.2) is 0 Å². The number of hydrogen-bond acceptors (Lipinski definition) is 4. The molecule has 1 atom stereocenters. The van der Waals surface area contributed by atoms with E-state index in [0.717, 1.165) is 19.4 Å². The number of hydrogen-bond donors (Lipinski definition) is 1. The Bertz CT molecular complexity index is 596. The molecular weight excluding hydrogens is 392 g/mol. The van der Waals surface area contributed by atoms with Gasteiger partial charge >= 0.3 is 0 Å². The molecule has 126 valence electrons. The molecule has 1 heterocycles. The molecule has 8 heteroatoms. The molecule has 1 unspecified atom stereocenters. The minimum Gasteiger partial charge on any atom is -0.496 e. The molecule has 1 saturated heterocycles. The second-order valence-corrected chi connectivity index (χ2v) is 8.02. The molecule has 1 aliphatic rings. The lowest BCUT2D eigenvalue weighted by atomic mass is 10.00. The van der Waals surface area contributed by atoms with Crippen LogP contribution in [0.4, 0.5) is 0 Å². The number of halogens is 2. The first-order valence-corrected chi connectivity index (χ1v) is 9.20. The van der Waals surface area contributed by atoms with Crippen LogP contribution in [0.1, 0.15) is 12.8 Å². The van der Waals surface area contributed by atoms with Crippen LogP contribution in [0, 0.1) is 5.92 Å². The number of sulfonamides is 1. The molecule has 0 spiro atoms. The fourth-order valence-corrected chi connectivity index (χ4v) is 4.93. The summed E-state index contributed by atoms with van der Waals surface area (Å²) in [5.41, 5.74) is 0. The van der Waals surface area contributed by atoms with Crippen molar-refractivity contribution in [1.29, 1.82) is 0 Å². The van der Waals surface area contributed by atoms with Crippen molar-refractivity contribution in [3.63, 3.8) is 0 Å². The number of piperidine rings is 1. The Morgan fingerprint density at radius 2 is 2.18 bits per heavy atom. The van der Waals surface area contributed by atoms with Crippen molar-refractivity contribution in [2.45, 2.75) is 17.7 Å². The van der Waals surface area contributed by atoms with E-state index < -0.39 is 10.0 Å². The standard InChI is InChI=1S/C14H21BrN2O3S.ClH/c1-16-9-11-4-3-7-17(10-11)21(18,19)12-5-6-14(20-2)13(15)8-12;/h5-6,8,11,16H,3-4,7,9-10H2,1-2H3;1H. The highest BCUT2D eigenvalue weighted by Crippen LogP contribution is 2.30. The van der Waals surface area contributed by atoms with Gasteiger partial charge in [0.1, 0.15) is 5.75 Å². The first-order chi connectivity index (χ1) is 9.98. The molecule has 0 radical (unpaired) electrons. The number of methoxy groups -OCH3 is 1. The van der Waals surface area contributed by atoms with Crippen LogP contribution in [0.25, 0.3) is 0 Å². The van der Waals surface area contributed by atoms with E-state index in [1.807, 2.05) is 7.05 Å². The zero-order valence-corrected chi connectivity index (χ0v) is 15.9. The van der Waals surface area contributed by atoms with Crippen LogP contribution in [0.5, 0.6) is 5.75 Å². The summed E-state index contributed by atoms with van der Waals surface area (Å²) in [7, 11) is 0.0129. The molecule has 0 amide bonds. The number of nitrogens with one attached hydrogen (secondary N) is 1. The van der Waals surface area contributed by atoms with Gasteiger partial charge in [0, 0.05) is 13.1 Å². The van der Waals surface area contributed by atoms with Crippen LogP contribution in [0.3, 0.4) is 0 Å². The Balaban J connectivity index is 0.00000242. The van der Waals surface area contributed by atoms with Gasteiger partial charge in [-0.1, -0.05) is 0 Å². The van der Waals surface area contributed by atoms with Crippen molar-refractivity contribution >= 4 is 38.4 Å². The van der Waals surface area contributed by atoms with Crippen molar-refractivity contribution in [3.05, 3.63) is 22.7 Å². The Morgan fingerprint density at radius 3 is 2.77 bits per heavy atom. The van der Waals surface area contributed by atoms with Gasteiger partial charge in [-0.2, -0.15) is 4.31 Å². The van der Waals surface area contributed by atoms with E-state index in [1.165, 1.54) is 0 Å². The molecular formula is C14H22BrClN2O3S. The van der Waals surface area contributed by atoms with Crippen LogP contribution in [-0.2, 0) is 10.0 Å². The average Bonchev–Trinajstić information content (AvgIpc) is 2.48. The highest BCUT2D eigenvalue weighted by molar-refractivity contribution is 9.10. The molecule has 2 rings (SSSR count). The smallest absolute Gasteiger partial charge is 0.243 e. The van der Waals surface area contributed by atoms with Crippen molar-refractivity contribution in [1.82, 2.24) is 9.62 Å². The molecule has 0 bridgehead atoms. The van der Waals surface area contributed by atoms with Gasteiger partial charge in [-0.15, -0.1) is 12.4 Å². The van der Waals surface area contributed by atoms with Crippen LogP contribution in [-0.4, -0.2) is 46.5 Å². The Labute approximate surface area is 147 Å². The summed E-state index contributed by atoms with van der Waals surface area (Å²) >= 11 is 3.34. The molecule has 1 aromatic rings. The third-order valence-electron chi connectivity index (χ3n) is 3.74. The van der Waals surface area contributed by atoms with Crippen LogP contribution >= 0.6 is 28.3 Å². The van der Waals surface area contributed by atoms with E-state index in [-0.39, 0.29) is 12.4 Å². The van der Waals surface area contributed by atoms with Crippen LogP contribution in [0.15, 0.2) is 27.6 Å². The lowest BCUT2D eigenvalue weighted by molar-refractivity contribution is 0.263. The number of benzene rings is 1. The minimum atomic E-state index is -3.44. The van der Waals surface area contributed by atoms with Crippen LogP contribution in [0.2, 0.25) is 0 Å². The second-order valence-electron chi connectivity index (χ2n) is 5.23. The highest BCUT2D eigenvalue weighted by atomic mass is 79.9. The van der Waals surface area contributed by atoms with Crippen molar-refractivity contribution in [3.8, 4) is 5.75 Å². The Hall–Kier alpha value is -0.340. The normalized spacial score (nSPS) is 19.5. The first-order valence-electron chi connectivity index (χ1n) is 6.97. The van der Waals surface area contributed by atoms with E-state index in [4.69, 9.17) is 4.74 Å². The second kappa shape index (κ2) is 8.49. The largest absolute Gasteiger partial charge is 0.496 e. The Kier molecular flexibility index (Phi) is 7.61. The molecule has 0 aromatic heterocycles. The zero-order valence-electron chi connectivity index (χ0n) is 12.7. The molecule has 1 N–H and O–H groups in total.